The third kappa shape index (κ3) is 2.66. The molecule has 1 amide bonds. The molecule has 2 saturated carbocycles. The van der Waals surface area contributed by atoms with Crippen molar-refractivity contribution in [3.05, 3.63) is 0 Å². The zero-order chi connectivity index (χ0) is 13.3. The van der Waals surface area contributed by atoms with Crippen molar-refractivity contribution in [2.24, 2.45) is 17.8 Å². The Balaban J connectivity index is 1.88. The van der Waals surface area contributed by atoms with Gasteiger partial charge in [0, 0.05) is 12.1 Å². The molecule has 0 aliphatic heterocycles. The Morgan fingerprint density at radius 2 is 1.94 bits per heavy atom. The second-order valence-electron chi connectivity index (χ2n) is 5.83. The smallest absolute Gasteiger partial charge is 0.308 e. The summed E-state index contributed by atoms with van der Waals surface area (Å²) in [6.45, 7) is 4.04. The summed E-state index contributed by atoms with van der Waals surface area (Å²) < 4.78 is 0. The van der Waals surface area contributed by atoms with Gasteiger partial charge in [0.25, 0.3) is 0 Å². The number of carbonyl (C=O) groups is 2. The monoisotopic (exact) mass is 254 g/mol. The van der Waals surface area contributed by atoms with E-state index in [0.29, 0.717) is 11.8 Å². The van der Waals surface area contributed by atoms with Crippen molar-refractivity contribution in [2.45, 2.75) is 45.2 Å². The number of nitrogens with one attached hydrogen (secondary N) is 2. The first-order chi connectivity index (χ1) is 8.49. The molecule has 2 rings (SSSR count). The van der Waals surface area contributed by atoms with Crippen molar-refractivity contribution in [3.8, 4) is 0 Å². The van der Waals surface area contributed by atoms with Gasteiger partial charge >= 0.3 is 5.97 Å². The van der Waals surface area contributed by atoms with Gasteiger partial charge in [0.15, 0.2) is 0 Å². The van der Waals surface area contributed by atoms with Crippen molar-refractivity contribution >= 4 is 11.9 Å². The van der Waals surface area contributed by atoms with E-state index in [4.69, 9.17) is 0 Å². The maximum atomic E-state index is 11.6. The fourth-order valence-corrected chi connectivity index (χ4v) is 3.52. The molecule has 5 heteroatoms. The highest BCUT2D eigenvalue weighted by atomic mass is 16.4. The molecule has 5 nitrogen and oxygen atoms in total. The van der Waals surface area contributed by atoms with Gasteiger partial charge < -0.3 is 15.7 Å². The first-order valence-electron chi connectivity index (χ1n) is 6.74. The topological polar surface area (TPSA) is 78.4 Å². The number of aliphatic carboxylic acids is 1. The summed E-state index contributed by atoms with van der Waals surface area (Å²) in [5.74, 6) is -0.349. The van der Waals surface area contributed by atoms with E-state index in [2.05, 4.69) is 10.6 Å². The van der Waals surface area contributed by atoms with Gasteiger partial charge in [0.2, 0.25) is 5.91 Å². The molecule has 18 heavy (non-hydrogen) atoms. The number of hydrogen-bond donors (Lipinski definition) is 3. The van der Waals surface area contributed by atoms with Gasteiger partial charge in [0.1, 0.15) is 0 Å². The SMILES string of the molecule is CC(C)NC(=O)CNC1C2CCC(C2)C1C(=O)O. The number of fused-ring (bicyclic) bond motifs is 2. The van der Waals surface area contributed by atoms with Crippen LogP contribution in [0.1, 0.15) is 33.1 Å². The summed E-state index contributed by atoms with van der Waals surface area (Å²) in [7, 11) is 0. The molecule has 0 aromatic rings. The van der Waals surface area contributed by atoms with Gasteiger partial charge in [-0.15, -0.1) is 0 Å². The number of carboxylic acid groups (broad SMARTS) is 1. The fraction of sp³-hybridized carbons (Fsp3) is 0.846. The highest BCUT2D eigenvalue weighted by Crippen LogP contribution is 2.48. The molecule has 2 aliphatic rings. The van der Waals surface area contributed by atoms with Crippen LogP contribution in [0.5, 0.6) is 0 Å². The van der Waals surface area contributed by atoms with E-state index >= 15 is 0 Å². The van der Waals surface area contributed by atoms with E-state index in [1.165, 1.54) is 0 Å². The van der Waals surface area contributed by atoms with Crippen LogP contribution in [0.2, 0.25) is 0 Å². The van der Waals surface area contributed by atoms with Crippen LogP contribution in [0.25, 0.3) is 0 Å². The van der Waals surface area contributed by atoms with E-state index in [1.54, 1.807) is 0 Å². The van der Waals surface area contributed by atoms with E-state index in [9.17, 15) is 14.7 Å². The summed E-state index contributed by atoms with van der Waals surface area (Å²) in [4.78, 5) is 22.9. The molecular formula is C13H22N2O3. The number of carboxylic acids is 1. The Morgan fingerprint density at radius 3 is 2.56 bits per heavy atom. The Labute approximate surface area is 107 Å². The Kier molecular flexibility index (Phi) is 3.90. The van der Waals surface area contributed by atoms with Gasteiger partial charge in [-0.05, 0) is 44.9 Å². The average molecular weight is 254 g/mol. The molecule has 4 atom stereocenters. The lowest BCUT2D eigenvalue weighted by Gasteiger charge is -2.28. The van der Waals surface area contributed by atoms with Crippen molar-refractivity contribution in [3.63, 3.8) is 0 Å². The van der Waals surface area contributed by atoms with Crippen molar-refractivity contribution in [1.29, 1.82) is 0 Å². The van der Waals surface area contributed by atoms with Crippen LogP contribution in [-0.4, -0.2) is 35.6 Å². The summed E-state index contributed by atoms with van der Waals surface area (Å²) in [6, 6.07) is 0.0914. The lowest BCUT2D eigenvalue weighted by Crippen LogP contribution is -2.48. The zero-order valence-electron chi connectivity index (χ0n) is 11.0. The van der Waals surface area contributed by atoms with E-state index < -0.39 is 5.97 Å². The molecule has 2 bridgehead atoms. The predicted molar refractivity (Wildman–Crippen MR) is 67.0 cm³/mol. The maximum Gasteiger partial charge on any atom is 0.308 e. The van der Waals surface area contributed by atoms with Crippen LogP contribution in [0, 0.1) is 17.8 Å². The maximum absolute atomic E-state index is 11.6. The molecule has 3 N–H and O–H groups in total. The number of hydrogen-bond acceptors (Lipinski definition) is 3. The van der Waals surface area contributed by atoms with E-state index in [1.807, 2.05) is 13.8 Å². The summed E-state index contributed by atoms with van der Waals surface area (Å²) in [6.07, 6.45) is 3.12. The number of rotatable bonds is 5. The van der Waals surface area contributed by atoms with Crippen molar-refractivity contribution < 1.29 is 14.7 Å². The third-order valence-corrected chi connectivity index (χ3v) is 4.15. The zero-order valence-corrected chi connectivity index (χ0v) is 11.0. The Morgan fingerprint density at radius 1 is 1.28 bits per heavy atom. The van der Waals surface area contributed by atoms with Gasteiger partial charge in [0.05, 0.1) is 12.5 Å². The van der Waals surface area contributed by atoms with Crippen LogP contribution >= 0.6 is 0 Å². The van der Waals surface area contributed by atoms with Crippen molar-refractivity contribution in [1.82, 2.24) is 10.6 Å². The van der Waals surface area contributed by atoms with E-state index in [-0.39, 0.29) is 30.5 Å². The normalized spacial score (nSPS) is 33.9. The second-order valence-corrected chi connectivity index (χ2v) is 5.83. The quantitative estimate of drug-likeness (QED) is 0.671. The molecule has 2 aliphatic carbocycles. The molecule has 0 aromatic carbocycles. The van der Waals surface area contributed by atoms with Crippen LogP contribution in [0.3, 0.4) is 0 Å². The highest BCUT2D eigenvalue weighted by molar-refractivity contribution is 5.78. The lowest BCUT2D eigenvalue weighted by molar-refractivity contribution is -0.144. The first-order valence-corrected chi connectivity index (χ1v) is 6.74. The summed E-state index contributed by atoms with van der Waals surface area (Å²) in [5, 5.41) is 15.2. The van der Waals surface area contributed by atoms with Gasteiger partial charge in [-0.2, -0.15) is 0 Å². The Bertz CT molecular complexity index is 343. The molecular weight excluding hydrogens is 232 g/mol. The van der Waals surface area contributed by atoms with Gasteiger partial charge in [-0.1, -0.05) is 0 Å². The molecule has 0 spiro atoms. The molecule has 0 aromatic heterocycles. The fourth-order valence-electron chi connectivity index (χ4n) is 3.52. The summed E-state index contributed by atoms with van der Waals surface area (Å²) in [5.41, 5.74) is 0. The number of carbonyl (C=O) groups excluding carboxylic acids is 1. The standard InChI is InChI=1S/C13H22N2O3/c1-7(2)15-10(16)6-14-12-9-4-3-8(5-9)11(12)13(17)18/h7-9,11-12,14H,3-6H2,1-2H3,(H,15,16)(H,17,18). The molecule has 4 unspecified atom stereocenters. The molecule has 102 valence electrons. The van der Waals surface area contributed by atoms with Gasteiger partial charge in [-0.25, -0.2) is 0 Å². The van der Waals surface area contributed by atoms with Crippen LogP contribution in [0.4, 0.5) is 0 Å². The highest BCUT2D eigenvalue weighted by Gasteiger charge is 2.50. The minimum absolute atomic E-state index is 0.0286. The average Bonchev–Trinajstić information content (AvgIpc) is 2.84. The Hall–Kier alpha value is -1.10. The molecule has 0 heterocycles. The minimum atomic E-state index is -0.719. The van der Waals surface area contributed by atoms with Crippen molar-refractivity contribution in [2.75, 3.05) is 6.54 Å². The lowest BCUT2D eigenvalue weighted by atomic mass is 9.84. The van der Waals surface area contributed by atoms with E-state index in [0.717, 1.165) is 19.3 Å². The summed E-state index contributed by atoms with van der Waals surface area (Å²) >= 11 is 0. The van der Waals surface area contributed by atoms with Crippen LogP contribution < -0.4 is 10.6 Å². The predicted octanol–water partition coefficient (Wildman–Crippen LogP) is 0.600. The van der Waals surface area contributed by atoms with Crippen LogP contribution in [0.15, 0.2) is 0 Å². The largest absolute Gasteiger partial charge is 0.481 e. The van der Waals surface area contributed by atoms with Gasteiger partial charge in [-0.3, -0.25) is 9.59 Å². The third-order valence-electron chi connectivity index (χ3n) is 4.15. The van der Waals surface area contributed by atoms with Crippen LogP contribution in [-0.2, 0) is 9.59 Å². The number of amides is 1. The molecule has 2 fully saturated rings. The molecule has 0 saturated heterocycles. The second kappa shape index (κ2) is 5.26. The minimum Gasteiger partial charge on any atom is -0.481 e. The first kappa shape index (κ1) is 13.3. The molecule has 0 radical (unpaired) electrons.